The molecule has 0 spiro atoms. The van der Waals surface area contributed by atoms with Crippen molar-refractivity contribution in [1.29, 1.82) is 5.41 Å². The lowest BCUT2D eigenvalue weighted by molar-refractivity contribution is -0.187. The van der Waals surface area contributed by atoms with E-state index < -0.39 is 12.1 Å². The summed E-state index contributed by atoms with van der Waals surface area (Å²) in [5.41, 5.74) is 6.91. The van der Waals surface area contributed by atoms with Gasteiger partial charge in [0.1, 0.15) is 5.84 Å². The third-order valence-corrected chi connectivity index (χ3v) is 3.67. The Kier molecular flexibility index (Phi) is 4.32. The van der Waals surface area contributed by atoms with Crippen molar-refractivity contribution in [3.8, 4) is 0 Å². The first-order valence-electron chi connectivity index (χ1n) is 6.59. The van der Waals surface area contributed by atoms with Crippen LogP contribution in [0, 0.1) is 11.3 Å². The summed E-state index contributed by atoms with van der Waals surface area (Å²) in [4.78, 5) is 1.80. The predicted octanol–water partition coefficient (Wildman–Crippen LogP) is 2.74. The van der Waals surface area contributed by atoms with Crippen LogP contribution in [0.25, 0.3) is 0 Å². The predicted molar refractivity (Wildman–Crippen MR) is 71.5 cm³/mol. The number of halogens is 3. The van der Waals surface area contributed by atoms with Gasteiger partial charge in [-0.1, -0.05) is 24.3 Å². The Morgan fingerprint density at radius 1 is 1.35 bits per heavy atom. The summed E-state index contributed by atoms with van der Waals surface area (Å²) in [6, 6.07) is 7.12. The van der Waals surface area contributed by atoms with Gasteiger partial charge in [0.05, 0.1) is 5.92 Å². The van der Waals surface area contributed by atoms with Gasteiger partial charge in [-0.25, -0.2) is 0 Å². The highest BCUT2D eigenvalue weighted by Crippen LogP contribution is 2.33. The van der Waals surface area contributed by atoms with Gasteiger partial charge in [0.2, 0.25) is 0 Å². The van der Waals surface area contributed by atoms with E-state index in [1.54, 1.807) is 17.0 Å². The topological polar surface area (TPSA) is 53.1 Å². The fourth-order valence-corrected chi connectivity index (χ4v) is 2.63. The molecule has 1 saturated heterocycles. The summed E-state index contributed by atoms with van der Waals surface area (Å²) in [7, 11) is 0. The van der Waals surface area contributed by atoms with Gasteiger partial charge in [0, 0.05) is 18.7 Å². The van der Waals surface area contributed by atoms with Gasteiger partial charge in [0.25, 0.3) is 0 Å². The minimum Gasteiger partial charge on any atom is -0.384 e. The minimum atomic E-state index is -4.13. The molecule has 1 fully saturated rings. The molecule has 1 aliphatic heterocycles. The van der Waals surface area contributed by atoms with Crippen LogP contribution >= 0.6 is 0 Å². The van der Waals surface area contributed by atoms with E-state index in [1.807, 2.05) is 12.1 Å². The number of rotatable bonds is 3. The number of piperidine rings is 1. The average molecular weight is 285 g/mol. The van der Waals surface area contributed by atoms with E-state index in [4.69, 9.17) is 11.1 Å². The first-order chi connectivity index (χ1) is 9.38. The lowest BCUT2D eigenvalue weighted by Crippen LogP contribution is -2.41. The summed E-state index contributed by atoms with van der Waals surface area (Å²) >= 11 is 0. The summed E-state index contributed by atoms with van der Waals surface area (Å²) in [6.45, 7) is 1.08. The van der Waals surface area contributed by atoms with Crippen LogP contribution in [-0.2, 0) is 6.54 Å². The molecule has 6 heteroatoms. The Bertz CT molecular complexity index is 485. The molecule has 2 rings (SSSR count). The molecule has 1 aromatic carbocycles. The fraction of sp³-hybridized carbons (Fsp3) is 0.500. The van der Waals surface area contributed by atoms with Gasteiger partial charge in [-0.15, -0.1) is 0 Å². The van der Waals surface area contributed by atoms with Crippen LogP contribution in [0.4, 0.5) is 13.2 Å². The normalized spacial score (nSPS) is 20.9. The van der Waals surface area contributed by atoms with Crippen molar-refractivity contribution in [2.24, 2.45) is 11.7 Å². The maximum absolute atomic E-state index is 12.8. The Morgan fingerprint density at radius 2 is 2.05 bits per heavy atom. The SMILES string of the molecule is N=C(N)c1ccccc1CN1CCCC(C(F)(F)F)C1. The zero-order valence-corrected chi connectivity index (χ0v) is 11.1. The van der Waals surface area contributed by atoms with Crippen LogP contribution in [-0.4, -0.2) is 30.0 Å². The van der Waals surface area contributed by atoms with E-state index in [9.17, 15) is 13.2 Å². The van der Waals surface area contributed by atoms with E-state index in [-0.39, 0.29) is 18.8 Å². The van der Waals surface area contributed by atoms with Crippen LogP contribution in [0.5, 0.6) is 0 Å². The highest BCUT2D eigenvalue weighted by atomic mass is 19.4. The minimum absolute atomic E-state index is 0.0236. The molecule has 0 saturated carbocycles. The van der Waals surface area contributed by atoms with Crippen molar-refractivity contribution in [2.75, 3.05) is 13.1 Å². The molecule has 0 amide bonds. The molecule has 3 N–H and O–H groups in total. The Balaban J connectivity index is 2.09. The van der Waals surface area contributed by atoms with Gasteiger partial charge < -0.3 is 5.73 Å². The van der Waals surface area contributed by atoms with Crippen LogP contribution in [0.1, 0.15) is 24.0 Å². The Labute approximate surface area is 116 Å². The Hall–Kier alpha value is -1.56. The monoisotopic (exact) mass is 285 g/mol. The van der Waals surface area contributed by atoms with Crippen LogP contribution in [0.3, 0.4) is 0 Å². The van der Waals surface area contributed by atoms with Crippen LogP contribution in [0.15, 0.2) is 24.3 Å². The summed E-state index contributed by atoms with van der Waals surface area (Å²) in [5, 5.41) is 7.51. The van der Waals surface area contributed by atoms with Crippen molar-refractivity contribution in [2.45, 2.75) is 25.6 Å². The van der Waals surface area contributed by atoms with E-state index in [2.05, 4.69) is 0 Å². The molecule has 1 aromatic rings. The number of nitrogens with zero attached hydrogens (tertiary/aromatic N) is 1. The highest BCUT2D eigenvalue weighted by molar-refractivity contribution is 5.96. The number of hydrogen-bond acceptors (Lipinski definition) is 2. The van der Waals surface area contributed by atoms with Crippen molar-refractivity contribution in [1.82, 2.24) is 4.90 Å². The van der Waals surface area contributed by atoms with Gasteiger partial charge >= 0.3 is 6.18 Å². The standard InChI is InChI=1S/C14H18F3N3/c15-14(16,17)11-5-3-7-20(9-11)8-10-4-1-2-6-12(10)13(18)19/h1-2,4,6,11H,3,5,7-9H2,(H3,18,19). The fourth-order valence-electron chi connectivity index (χ4n) is 2.63. The first kappa shape index (κ1) is 14.8. The largest absolute Gasteiger partial charge is 0.393 e. The molecule has 0 aliphatic carbocycles. The molecule has 3 nitrogen and oxygen atoms in total. The van der Waals surface area contributed by atoms with E-state index in [0.717, 1.165) is 5.56 Å². The van der Waals surface area contributed by atoms with Crippen LogP contribution in [0.2, 0.25) is 0 Å². The number of nitrogen functional groups attached to an aromatic ring is 1. The molecule has 110 valence electrons. The lowest BCUT2D eigenvalue weighted by atomic mass is 9.96. The van der Waals surface area contributed by atoms with Crippen LogP contribution < -0.4 is 5.73 Å². The second-order valence-corrected chi connectivity index (χ2v) is 5.19. The molecule has 0 aromatic heterocycles. The Morgan fingerprint density at radius 3 is 2.70 bits per heavy atom. The highest BCUT2D eigenvalue weighted by Gasteiger charge is 2.41. The second-order valence-electron chi connectivity index (χ2n) is 5.19. The zero-order valence-electron chi connectivity index (χ0n) is 11.1. The van der Waals surface area contributed by atoms with Crippen molar-refractivity contribution in [3.05, 3.63) is 35.4 Å². The van der Waals surface area contributed by atoms with Crippen molar-refractivity contribution < 1.29 is 13.2 Å². The number of amidine groups is 1. The molecular weight excluding hydrogens is 267 g/mol. The number of likely N-dealkylation sites (tertiary alicyclic amines) is 1. The van der Waals surface area contributed by atoms with Gasteiger partial charge in [-0.2, -0.15) is 13.2 Å². The first-order valence-corrected chi connectivity index (χ1v) is 6.59. The van der Waals surface area contributed by atoms with Crippen molar-refractivity contribution >= 4 is 5.84 Å². The summed E-state index contributed by atoms with van der Waals surface area (Å²) in [5.74, 6) is -1.30. The number of hydrogen-bond donors (Lipinski definition) is 2. The zero-order chi connectivity index (χ0) is 14.8. The van der Waals surface area contributed by atoms with Gasteiger partial charge in [0.15, 0.2) is 0 Å². The maximum atomic E-state index is 12.8. The summed E-state index contributed by atoms with van der Waals surface area (Å²) < 4.78 is 38.3. The third-order valence-electron chi connectivity index (χ3n) is 3.67. The molecule has 0 radical (unpaired) electrons. The molecule has 1 unspecified atom stereocenters. The van der Waals surface area contributed by atoms with Gasteiger partial charge in [-0.3, -0.25) is 10.3 Å². The van der Waals surface area contributed by atoms with Crippen molar-refractivity contribution in [3.63, 3.8) is 0 Å². The number of nitrogens with two attached hydrogens (primary N) is 1. The second kappa shape index (κ2) is 5.83. The number of nitrogens with one attached hydrogen (secondary N) is 1. The third kappa shape index (κ3) is 3.50. The molecular formula is C14H18F3N3. The molecule has 1 heterocycles. The van der Waals surface area contributed by atoms with E-state index >= 15 is 0 Å². The molecule has 20 heavy (non-hydrogen) atoms. The smallest absolute Gasteiger partial charge is 0.384 e. The van der Waals surface area contributed by atoms with E-state index in [1.165, 1.54) is 0 Å². The molecule has 0 bridgehead atoms. The molecule has 1 aliphatic rings. The van der Waals surface area contributed by atoms with Gasteiger partial charge in [-0.05, 0) is 24.9 Å². The lowest BCUT2D eigenvalue weighted by Gasteiger charge is -2.34. The maximum Gasteiger partial charge on any atom is 0.393 e. The summed E-state index contributed by atoms with van der Waals surface area (Å²) in [6.07, 6.45) is -3.38. The molecule has 1 atom stereocenters. The van der Waals surface area contributed by atoms with E-state index in [0.29, 0.717) is 25.1 Å². The quantitative estimate of drug-likeness (QED) is 0.663. The number of benzene rings is 1. The average Bonchev–Trinajstić information content (AvgIpc) is 2.38. The number of alkyl halides is 3.